The predicted molar refractivity (Wildman–Crippen MR) is 79.1 cm³/mol. The lowest BCUT2D eigenvalue weighted by Crippen LogP contribution is -2.11. The van der Waals surface area contributed by atoms with Crippen LogP contribution in [0.4, 0.5) is 0 Å². The monoisotopic (exact) mass is 257 g/mol. The smallest absolute Gasteiger partial charge is 0.0672 e. The number of benzene rings is 1. The number of hydrogen-bond acceptors (Lipinski definition) is 2. The van der Waals surface area contributed by atoms with E-state index in [0.29, 0.717) is 0 Å². The molecule has 1 unspecified atom stereocenters. The van der Waals surface area contributed by atoms with E-state index in [0.717, 1.165) is 25.1 Å². The largest absolute Gasteiger partial charge is 0.324 e. The van der Waals surface area contributed by atoms with Crippen LogP contribution in [0.2, 0.25) is 0 Å². The topological polar surface area (TPSA) is 43.8 Å². The second-order valence-corrected chi connectivity index (χ2v) is 4.95. The highest BCUT2D eigenvalue weighted by Crippen LogP contribution is 2.22. The first-order chi connectivity index (χ1) is 9.17. The Balaban J connectivity index is 2.40. The van der Waals surface area contributed by atoms with E-state index in [9.17, 15) is 0 Å². The highest BCUT2D eigenvalue weighted by atomic mass is 15.3. The predicted octanol–water partition coefficient (Wildman–Crippen LogP) is 3.08. The lowest BCUT2D eigenvalue weighted by atomic mass is 10.0. The van der Waals surface area contributed by atoms with E-state index in [4.69, 9.17) is 10.8 Å². The van der Waals surface area contributed by atoms with Crippen molar-refractivity contribution >= 4 is 0 Å². The molecule has 1 atom stereocenters. The Morgan fingerprint density at radius 2 is 1.84 bits per heavy atom. The van der Waals surface area contributed by atoms with Crippen molar-refractivity contribution in [3.63, 3.8) is 0 Å². The standard InChI is InChI=1S/C16H23N3/c1-4-14-16(12(3)17)15(5-2)19(18-14)11-13-9-7-6-8-10-13/h6-10,12H,4-5,11,17H2,1-3H3. The molecule has 0 aliphatic rings. The molecule has 3 heteroatoms. The second-order valence-electron chi connectivity index (χ2n) is 4.95. The Bertz CT molecular complexity index is 526. The van der Waals surface area contributed by atoms with Crippen LogP contribution in [0.1, 0.15) is 49.3 Å². The molecule has 1 aromatic carbocycles. The number of nitrogens with two attached hydrogens (primary N) is 1. The van der Waals surface area contributed by atoms with E-state index in [1.165, 1.54) is 16.8 Å². The molecule has 0 aliphatic carbocycles. The van der Waals surface area contributed by atoms with E-state index < -0.39 is 0 Å². The molecule has 2 rings (SSSR count). The Morgan fingerprint density at radius 3 is 2.37 bits per heavy atom. The summed E-state index contributed by atoms with van der Waals surface area (Å²) >= 11 is 0. The summed E-state index contributed by atoms with van der Waals surface area (Å²) in [5, 5.41) is 4.75. The fraction of sp³-hybridized carbons (Fsp3) is 0.438. The molecule has 0 aliphatic heterocycles. The van der Waals surface area contributed by atoms with Crippen LogP contribution < -0.4 is 5.73 Å². The van der Waals surface area contributed by atoms with Gasteiger partial charge in [0, 0.05) is 17.3 Å². The van der Waals surface area contributed by atoms with Crippen LogP contribution in [-0.4, -0.2) is 9.78 Å². The first kappa shape index (κ1) is 13.8. The third-order valence-electron chi connectivity index (χ3n) is 3.48. The van der Waals surface area contributed by atoms with E-state index in [1.807, 2.05) is 13.0 Å². The summed E-state index contributed by atoms with van der Waals surface area (Å²) in [5.74, 6) is 0. The highest BCUT2D eigenvalue weighted by molar-refractivity contribution is 5.30. The van der Waals surface area contributed by atoms with Crippen LogP contribution in [0.15, 0.2) is 30.3 Å². The second kappa shape index (κ2) is 6.02. The maximum Gasteiger partial charge on any atom is 0.0672 e. The van der Waals surface area contributed by atoms with Crippen molar-refractivity contribution in [2.75, 3.05) is 0 Å². The van der Waals surface area contributed by atoms with Crippen LogP contribution in [0.5, 0.6) is 0 Å². The van der Waals surface area contributed by atoms with Gasteiger partial charge in [0.25, 0.3) is 0 Å². The van der Waals surface area contributed by atoms with Gasteiger partial charge in [0.15, 0.2) is 0 Å². The summed E-state index contributed by atoms with van der Waals surface area (Å²) in [6.07, 6.45) is 1.91. The van der Waals surface area contributed by atoms with Crippen LogP contribution in [0, 0.1) is 0 Å². The molecule has 0 amide bonds. The minimum absolute atomic E-state index is 0.0504. The zero-order valence-electron chi connectivity index (χ0n) is 12.1. The first-order valence-electron chi connectivity index (χ1n) is 7.05. The Morgan fingerprint density at radius 1 is 1.16 bits per heavy atom. The van der Waals surface area contributed by atoms with Gasteiger partial charge in [-0.2, -0.15) is 5.10 Å². The molecule has 0 fully saturated rings. The first-order valence-corrected chi connectivity index (χ1v) is 7.05. The number of aromatic nitrogens is 2. The zero-order valence-corrected chi connectivity index (χ0v) is 12.1. The lowest BCUT2D eigenvalue weighted by Gasteiger charge is -2.10. The zero-order chi connectivity index (χ0) is 13.8. The van der Waals surface area contributed by atoms with E-state index in [-0.39, 0.29) is 6.04 Å². The van der Waals surface area contributed by atoms with Gasteiger partial charge in [-0.3, -0.25) is 4.68 Å². The van der Waals surface area contributed by atoms with Crippen LogP contribution in [0.25, 0.3) is 0 Å². The Hall–Kier alpha value is -1.61. The van der Waals surface area contributed by atoms with E-state index in [2.05, 4.69) is 42.8 Å². The minimum Gasteiger partial charge on any atom is -0.324 e. The third kappa shape index (κ3) is 2.87. The van der Waals surface area contributed by atoms with Crippen molar-refractivity contribution in [2.45, 2.75) is 46.2 Å². The number of rotatable bonds is 5. The fourth-order valence-corrected chi connectivity index (χ4v) is 2.61. The van der Waals surface area contributed by atoms with Gasteiger partial charge in [-0.25, -0.2) is 0 Å². The summed E-state index contributed by atoms with van der Waals surface area (Å²) in [6.45, 7) is 7.18. The lowest BCUT2D eigenvalue weighted by molar-refractivity contribution is 0.637. The maximum absolute atomic E-state index is 6.12. The van der Waals surface area contributed by atoms with Crippen molar-refractivity contribution in [1.29, 1.82) is 0 Å². The molecule has 1 heterocycles. The molecule has 2 N–H and O–H groups in total. The van der Waals surface area contributed by atoms with Crippen LogP contribution >= 0.6 is 0 Å². The molecule has 1 aromatic heterocycles. The van der Waals surface area contributed by atoms with Gasteiger partial charge >= 0.3 is 0 Å². The van der Waals surface area contributed by atoms with Crippen molar-refractivity contribution in [3.05, 3.63) is 52.8 Å². The number of nitrogens with zero attached hydrogens (tertiary/aromatic N) is 2. The summed E-state index contributed by atoms with van der Waals surface area (Å²) in [4.78, 5) is 0. The van der Waals surface area contributed by atoms with Gasteiger partial charge in [-0.1, -0.05) is 44.2 Å². The summed E-state index contributed by atoms with van der Waals surface area (Å²) in [7, 11) is 0. The molecule has 0 bridgehead atoms. The van der Waals surface area contributed by atoms with Crippen molar-refractivity contribution < 1.29 is 0 Å². The van der Waals surface area contributed by atoms with Crippen molar-refractivity contribution in [2.24, 2.45) is 5.73 Å². The van der Waals surface area contributed by atoms with Gasteiger partial charge in [0.1, 0.15) is 0 Å². The van der Waals surface area contributed by atoms with E-state index in [1.54, 1.807) is 0 Å². The molecule has 0 saturated heterocycles. The van der Waals surface area contributed by atoms with Crippen LogP contribution in [-0.2, 0) is 19.4 Å². The van der Waals surface area contributed by atoms with E-state index >= 15 is 0 Å². The average Bonchev–Trinajstić information content (AvgIpc) is 2.77. The van der Waals surface area contributed by atoms with Crippen molar-refractivity contribution in [1.82, 2.24) is 9.78 Å². The molecule has 19 heavy (non-hydrogen) atoms. The normalized spacial score (nSPS) is 12.6. The Labute approximate surface area is 115 Å². The number of hydrogen-bond donors (Lipinski definition) is 1. The molecule has 3 nitrogen and oxygen atoms in total. The molecular formula is C16H23N3. The van der Waals surface area contributed by atoms with Crippen molar-refractivity contribution in [3.8, 4) is 0 Å². The fourth-order valence-electron chi connectivity index (χ4n) is 2.61. The van der Waals surface area contributed by atoms with Gasteiger partial charge in [0.2, 0.25) is 0 Å². The summed E-state index contributed by atoms with van der Waals surface area (Å²) in [5.41, 5.74) is 11.0. The molecule has 2 aromatic rings. The van der Waals surface area contributed by atoms with Gasteiger partial charge in [-0.05, 0) is 25.3 Å². The minimum atomic E-state index is 0.0504. The van der Waals surface area contributed by atoms with Crippen LogP contribution in [0.3, 0.4) is 0 Å². The number of aryl methyl sites for hydroxylation is 1. The molecular weight excluding hydrogens is 234 g/mol. The quantitative estimate of drug-likeness (QED) is 0.894. The van der Waals surface area contributed by atoms with Gasteiger partial charge in [0.05, 0.1) is 12.2 Å². The maximum atomic E-state index is 6.12. The third-order valence-corrected chi connectivity index (χ3v) is 3.48. The molecule has 0 spiro atoms. The SMILES string of the molecule is CCc1nn(Cc2ccccc2)c(CC)c1C(C)N. The molecule has 0 radical (unpaired) electrons. The molecule has 0 saturated carbocycles. The highest BCUT2D eigenvalue weighted by Gasteiger charge is 2.18. The van der Waals surface area contributed by atoms with Gasteiger partial charge < -0.3 is 5.73 Å². The molecule has 102 valence electrons. The summed E-state index contributed by atoms with van der Waals surface area (Å²) < 4.78 is 2.12. The Kier molecular flexibility index (Phi) is 4.38. The summed E-state index contributed by atoms with van der Waals surface area (Å²) in [6, 6.07) is 10.5. The van der Waals surface area contributed by atoms with Gasteiger partial charge in [-0.15, -0.1) is 0 Å². The average molecular weight is 257 g/mol.